The largest absolute Gasteiger partial charge is 0.459 e. The van der Waals surface area contributed by atoms with E-state index in [1.54, 1.807) is 18.2 Å². The summed E-state index contributed by atoms with van der Waals surface area (Å²) in [6.07, 6.45) is 1.44. The summed E-state index contributed by atoms with van der Waals surface area (Å²) in [6, 6.07) is 5.23. The number of carbonyl (C=O) groups is 1. The van der Waals surface area contributed by atoms with Gasteiger partial charge in [0.2, 0.25) is 0 Å². The van der Waals surface area contributed by atoms with Crippen LogP contribution in [0.5, 0.6) is 0 Å². The molecule has 0 radical (unpaired) electrons. The van der Waals surface area contributed by atoms with Gasteiger partial charge in [0.15, 0.2) is 0 Å². The predicted octanol–water partition coefficient (Wildman–Crippen LogP) is 2.37. The van der Waals surface area contributed by atoms with Gasteiger partial charge in [0, 0.05) is 17.3 Å². The Hall–Kier alpha value is -1.07. The molecule has 1 heterocycles. The molecule has 2 N–H and O–H groups in total. The number of para-hydroxylation sites is 1. The summed E-state index contributed by atoms with van der Waals surface area (Å²) in [6.45, 7) is 1.29. The second-order valence-electron chi connectivity index (χ2n) is 3.92. The van der Waals surface area contributed by atoms with Crippen molar-refractivity contribution >= 4 is 27.6 Å². The van der Waals surface area contributed by atoms with Crippen LogP contribution in [0, 0.1) is 0 Å². The van der Waals surface area contributed by atoms with Crippen molar-refractivity contribution in [1.82, 2.24) is 0 Å². The molecule has 0 spiro atoms. The Bertz CT molecular complexity index is 416. The molecule has 1 aromatic carbocycles. The van der Waals surface area contributed by atoms with E-state index in [2.05, 4.69) is 15.9 Å². The molecule has 2 rings (SSSR count). The number of benzene rings is 1. The molecule has 0 unspecified atom stereocenters. The highest BCUT2D eigenvalue weighted by molar-refractivity contribution is 9.10. The number of esters is 1. The molecule has 1 aliphatic heterocycles. The van der Waals surface area contributed by atoms with Gasteiger partial charge in [-0.1, -0.05) is 6.07 Å². The topological polar surface area (TPSA) is 61.6 Å². The first-order valence-corrected chi connectivity index (χ1v) is 6.30. The molecular formula is C12H14BrNO3. The fraction of sp³-hybridized carbons (Fsp3) is 0.417. The third-order valence-corrected chi connectivity index (χ3v) is 3.41. The van der Waals surface area contributed by atoms with Gasteiger partial charge in [0.1, 0.15) is 6.10 Å². The number of rotatable bonds is 2. The van der Waals surface area contributed by atoms with Gasteiger partial charge in [-0.3, -0.25) is 0 Å². The highest BCUT2D eigenvalue weighted by atomic mass is 79.9. The molecule has 1 fully saturated rings. The van der Waals surface area contributed by atoms with Crippen LogP contribution in [-0.2, 0) is 9.47 Å². The molecule has 17 heavy (non-hydrogen) atoms. The number of anilines is 1. The second kappa shape index (κ2) is 5.51. The molecule has 0 saturated carbocycles. The number of halogens is 1. The summed E-state index contributed by atoms with van der Waals surface area (Å²) in [5, 5.41) is 0. The average Bonchev–Trinajstić information content (AvgIpc) is 2.34. The van der Waals surface area contributed by atoms with Crippen LogP contribution in [0.25, 0.3) is 0 Å². The van der Waals surface area contributed by atoms with Crippen LogP contribution in [0.1, 0.15) is 23.2 Å². The Morgan fingerprint density at radius 1 is 1.41 bits per heavy atom. The van der Waals surface area contributed by atoms with Crippen LogP contribution in [0.2, 0.25) is 0 Å². The summed E-state index contributed by atoms with van der Waals surface area (Å²) in [5.74, 6) is -0.365. The molecule has 1 saturated heterocycles. The molecule has 1 aliphatic rings. The fourth-order valence-electron chi connectivity index (χ4n) is 1.72. The Labute approximate surface area is 108 Å². The first-order valence-electron chi connectivity index (χ1n) is 5.51. The van der Waals surface area contributed by atoms with Crippen molar-refractivity contribution in [2.75, 3.05) is 18.9 Å². The minimum Gasteiger partial charge on any atom is -0.459 e. The van der Waals surface area contributed by atoms with Gasteiger partial charge in [-0.15, -0.1) is 0 Å². The number of carbonyl (C=O) groups excluding carboxylic acids is 1. The van der Waals surface area contributed by atoms with Crippen LogP contribution in [0.15, 0.2) is 22.7 Å². The van der Waals surface area contributed by atoms with Crippen molar-refractivity contribution in [1.29, 1.82) is 0 Å². The zero-order valence-electron chi connectivity index (χ0n) is 9.32. The van der Waals surface area contributed by atoms with Crippen molar-refractivity contribution in [2.45, 2.75) is 18.9 Å². The summed E-state index contributed by atoms with van der Waals surface area (Å²) in [7, 11) is 0. The Kier molecular flexibility index (Phi) is 4.02. The summed E-state index contributed by atoms with van der Waals surface area (Å²) in [4.78, 5) is 11.9. The number of ether oxygens (including phenoxy) is 2. The standard InChI is InChI=1S/C12H14BrNO3/c13-10-3-1-2-9(11(10)14)12(15)17-8-4-6-16-7-5-8/h1-3,8H,4-7,14H2. The number of nitrogens with two attached hydrogens (primary N) is 1. The van der Waals surface area contributed by atoms with Crippen molar-refractivity contribution in [3.05, 3.63) is 28.2 Å². The highest BCUT2D eigenvalue weighted by Crippen LogP contribution is 2.24. The highest BCUT2D eigenvalue weighted by Gasteiger charge is 2.20. The smallest absolute Gasteiger partial charge is 0.340 e. The zero-order valence-corrected chi connectivity index (χ0v) is 10.9. The Morgan fingerprint density at radius 3 is 2.82 bits per heavy atom. The molecule has 0 aliphatic carbocycles. The monoisotopic (exact) mass is 299 g/mol. The minimum atomic E-state index is -0.365. The van der Waals surface area contributed by atoms with Gasteiger partial charge in [-0.2, -0.15) is 0 Å². The van der Waals surface area contributed by atoms with Crippen LogP contribution in [-0.4, -0.2) is 25.3 Å². The van der Waals surface area contributed by atoms with Gasteiger partial charge in [-0.25, -0.2) is 4.79 Å². The van der Waals surface area contributed by atoms with Gasteiger partial charge in [0.25, 0.3) is 0 Å². The van der Waals surface area contributed by atoms with E-state index >= 15 is 0 Å². The fourth-order valence-corrected chi connectivity index (χ4v) is 2.09. The average molecular weight is 300 g/mol. The molecule has 4 nitrogen and oxygen atoms in total. The van der Waals surface area contributed by atoms with Crippen LogP contribution in [0.4, 0.5) is 5.69 Å². The van der Waals surface area contributed by atoms with Gasteiger partial charge < -0.3 is 15.2 Å². The maximum atomic E-state index is 11.9. The van der Waals surface area contributed by atoms with Crippen molar-refractivity contribution in [3.63, 3.8) is 0 Å². The SMILES string of the molecule is Nc1c(Br)cccc1C(=O)OC1CCOCC1. The lowest BCUT2D eigenvalue weighted by Gasteiger charge is -2.22. The minimum absolute atomic E-state index is 0.0605. The van der Waals surface area contributed by atoms with E-state index in [9.17, 15) is 4.79 Å². The summed E-state index contributed by atoms with van der Waals surface area (Å²) in [5.41, 5.74) is 6.65. The van der Waals surface area contributed by atoms with Crippen molar-refractivity contribution < 1.29 is 14.3 Å². The molecule has 1 aromatic rings. The van der Waals surface area contributed by atoms with E-state index in [4.69, 9.17) is 15.2 Å². The normalized spacial score (nSPS) is 16.8. The third-order valence-electron chi connectivity index (χ3n) is 2.71. The molecule has 0 amide bonds. The van der Waals surface area contributed by atoms with E-state index in [-0.39, 0.29) is 12.1 Å². The van der Waals surface area contributed by atoms with E-state index in [0.29, 0.717) is 28.9 Å². The van der Waals surface area contributed by atoms with Gasteiger partial charge in [0.05, 0.1) is 24.5 Å². The van der Waals surface area contributed by atoms with Crippen LogP contribution < -0.4 is 5.73 Å². The second-order valence-corrected chi connectivity index (χ2v) is 4.77. The lowest BCUT2D eigenvalue weighted by molar-refractivity contribution is -0.0158. The van der Waals surface area contributed by atoms with E-state index < -0.39 is 0 Å². The van der Waals surface area contributed by atoms with Crippen molar-refractivity contribution in [2.24, 2.45) is 0 Å². The molecule has 92 valence electrons. The molecule has 5 heteroatoms. The first-order chi connectivity index (χ1) is 8.18. The number of hydrogen-bond donors (Lipinski definition) is 1. The zero-order chi connectivity index (χ0) is 12.3. The lowest BCUT2D eigenvalue weighted by Crippen LogP contribution is -2.26. The molecular weight excluding hydrogens is 286 g/mol. The summed E-state index contributed by atoms with van der Waals surface area (Å²) < 4.78 is 11.3. The molecule has 0 atom stereocenters. The molecule has 0 aromatic heterocycles. The third kappa shape index (κ3) is 2.98. The maximum absolute atomic E-state index is 11.9. The Balaban J connectivity index is 2.06. The number of hydrogen-bond acceptors (Lipinski definition) is 4. The van der Waals surface area contributed by atoms with Crippen LogP contribution in [0.3, 0.4) is 0 Å². The Morgan fingerprint density at radius 2 is 2.12 bits per heavy atom. The predicted molar refractivity (Wildman–Crippen MR) is 67.8 cm³/mol. The molecule has 0 bridgehead atoms. The van der Waals surface area contributed by atoms with E-state index in [0.717, 1.165) is 12.8 Å². The lowest BCUT2D eigenvalue weighted by atomic mass is 10.1. The van der Waals surface area contributed by atoms with E-state index in [1.165, 1.54) is 0 Å². The van der Waals surface area contributed by atoms with Crippen molar-refractivity contribution in [3.8, 4) is 0 Å². The first kappa shape index (κ1) is 12.4. The van der Waals surface area contributed by atoms with Gasteiger partial charge in [-0.05, 0) is 28.1 Å². The summed E-state index contributed by atoms with van der Waals surface area (Å²) >= 11 is 3.29. The quantitative estimate of drug-likeness (QED) is 0.673. The number of nitrogen functional groups attached to an aromatic ring is 1. The maximum Gasteiger partial charge on any atom is 0.340 e. The van der Waals surface area contributed by atoms with Crippen LogP contribution >= 0.6 is 15.9 Å². The van der Waals surface area contributed by atoms with Gasteiger partial charge >= 0.3 is 5.97 Å². The van der Waals surface area contributed by atoms with E-state index in [1.807, 2.05) is 0 Å².